The summed E-state index contributed by atoms with van der Waals surface area (Å²) in [6.07, 6.45) is -0.466. The second-order valence-corrected chi connectivity index (χ2v) is 9.53. The van der Waals surface area contributed by atoms with Crippen molar-refractivity contribution in [1.29, 1.82) is 0 Å². The molecule has 5 atom stereocenters. The number of rotatable bonds is 5. The molecule has 1 saturated heterocycles. The van der Waals surface area contributed by atoms with E-state index < -0.39 is 36.8 Å². The minimum absolute atomic E-state index is 0.261. The molecule has 9 heteroatoms. The van der Waals surface area contributed by atoms with Gasteiger partial charge in [-0.1, -0.05) is 23.7 Å². The quantitative estimate of drug-likeness (QED) is 0.502. The van der Waals surface area contributed by atoms with Gasteiger partial charge in [-0.05, 0) is 67.5 Å². The number of hydrogen-bond acceptors (Lipinski definition) is 8. The lowest BCUT2D eigenvalue weighted by atomic mass is 9.86. The van der Waals surface area contributed by atoms with Crippen LogP contribution in [0.3, 0.4) is 0 Å². The number of fused-ring (bicyclic) bond motifs is 2. The summed E-state index contributed by atoms with van der Waals surface area (Å²) < 4.78 is 23.1. The first-order valence-corrected chi connectivity index (χ1v) is 12.0. The van der Waals surface area contributed by atoms with Gasteiger partial charge in [0.1, 0.15) is 35.9 Å². The highest BCUT2D eigenvalue weighted by atomic mass is 35.5. The van der Waals surface area contributed by atoms with Gasteiger partial charge in [-0.2, -0.15) is 0 Å². The molecule has 2 fully saturated rings. The zero-order chi connectivity index (χ0) is 23.9. The van der Waals surface area contributed by atoms with E-state index in [0.29, 0.717) is 22.8 Å². The first-order chi connectivity index (χ1) is 16.4. The molecule has 4 N–H and O–H groups in total. The summed E-state index contributed by atoms with van der Waals surface area (Å²) >= 11 is 6.55. The summed E-state index contributed by atoms with van der Waals surface area (Å²) in [5.74, 6) is -0.647. The van der Waals surface area contributed by atoms with E-state index in [-0.39, 0.29) is 12.9 Å². The molecule has 0 bridgehead atoms. The zero-order valence-electron chi connectivity index (χ0n) is 18.6. The van der Waals surface area contributed by atoms with Crippen LogP contribution < -0.4 is 9.47 Å². The average molecular weight is 493 g/mol. The molecule has 0 aromatic heterocycles. The minimum Gasteiger partial charge on any atom is -0.490 e. The SMILES string of the molecule is OC[C@H]1O[C@]2(OCOc3cc(Cl)c(Cc4ccc(OC5CCCC5)cc4)cc32)[C@H](O)[C@@H](O)[C@@H]1O. The predicted octanol–water partition coefficient (Wildman–Crippen LogP) is 2.25. The van der Waals surface area contributed by atoms with E-state index in [4.69, 9.17) is 30.5 Å². The molecule has 34 heavy (non-hydrogen) atoms. The number of ether oxygens (including phenoxy) is 4. The van der Waals surface area contributed by atoms with Gasteiger partial charge in [-0.25, -0.2) is 0 Å². The summed E-state index contributed by atoms with van der Waals surface area (Å²) in [5.41, 5.74) is 2.06. The fraction of sp³-hybridized carbons (Fsp3) is 0.520. The van der Waals surface area contributed by atoms with Crippen LogP contribution in [-0.4, -0.2) is 64.3 Å². The van der Waals surface area contributed by atoms with Gasteiger partial charge in [0, 0.05) is 5.02 Å². The molecular formula is C25H29ClO8. The number of halogens is 1. The highest BCUT2D eigenvalue weighted by Gasteiger charge is 2.58. The van der Waals surface area contributed by atoms with E-state index >= 15 is 0 Å². The Balaban J connectivity index is 1.42. The fourth-order valence-electron chi connectivity index (χ4n) is 4.97. The van der Waals surface area contributed by atoms with Crippen LogP contribution in [0.25, 0.3) is 0 Å². The summed E-state index contributed by atoms with van der Waals surface area (Å²) in [5, 5.41) is 41.5. The number of benzene rings is 2. The van der Waals surface area contributed by atoms with Gasteiger partial charge in [0.2, 0.25) is 5.79 Å². The normalized spacial score (nSPS) is 31.3. The number of aliphatic hydroxyl groups excluding tert-OH is 4. The molecule has 0 unspecified atom stereocenters. The molecule has 3 aliphatic rings. The zero-order valence-corrected chi connectivity index (χ0v) is 19.4. The predicted molar refractivity (Wildman–Crippen MR) is 122 cm³/mol. The summed E-state index contributed by atoms with van der Waals surface area (Å²) in [4.78, 5) is 0. The van der Waals surface area contributed by atoms with Crippen molar-refractivity contribution in [1.82, 2.24) is 0 Å². The van der Waals surface area contributed by atoms with Crippen molar-refractivity contribution < 1.29 is 39.4 Å². The smallest absolute Gasteiger partial charge is 0.231 e. The third-order valence-electron chi connectivity index (χ3n) is 6.88. The van der Waals surface area contributed by atoms with Crippen LogP contribution in [0, 0.1) is 0 Å². The molecule has 0 radical (unpaired) electrons. The van der Waals surface area contributed by atoms with Crippen LogP contribution in [0.5, 0.6) is 11.5 Å². The molecular weight excluding hydrogens is 464 g/mol. The average Bonchev–Trinajstić information content (AvgIpc) is 3.35. The van der Waals surface area contributed by atoms with Gasteiger partial charge >= 0.3 is 0 Å². The lowest BCUT2D eigenvalue weighted by Crippen LogP contribution is -2.65. The second kappa shape index (κ2) is 9.62. The Morgan fingerprint density at radius 3 is 2.47 bits per heavy atom. The third kappa shape index (κ3) is 4.28. The van der Waals surface area contributed by atoms with E-state index in [0.717, 1.165) is 29.7 Å². The summed E-state index contributed by atoms with van der Waals surface area (Å²) in [6.45, 7) is -0.828. The maximum Gasteiger partial charge on any atom is 0.231 e. The Morgan fingerprint density at radius 2 is 1.76 bits per heavy atom. The molecule has 2 aromatic carbocycles. The van der Waals surface area contributed by atoms with Crippen LogP contribution in [0.2, 0.25) is 5.02 Å². The van der Waals surface area contributed by atoms with Gasteiger partial charge in [-0.15, -0.1) is 0 Å². The topological polar surface area (TPSA) is 118 Å². The van der Waals surface area contributed by atoms with Crippen molar-refractivity contribution in [2.75, 3.05) is 13.4 Å². The van der Waals surface area contributed by atoms with Crippen molar-refractivity contribution >= 4 is 11.6 Å². The third-order valence-corrected chi connectivity index (χ3v) is 7.24. The Labute approximate surface area is 202 Å². The lowest BCUT2D eigenvalue weighted by molar-refractivity contribution is -0.389. The molecule has 5 rings (SSSR count). The highest BCUT2D eigenvalue weighted by molar-refractivity contribution is 6.31. The van der Waals surface area contributed by atoms with Gasteiger partial charge in [0.05, 0.1) is 18.3 Å². The number of hydrogen-bond donors (Lipinski definition) is 4. The van der Waals surface area contributed by atoms with Crippen molar-refractivity contribution in [3.05, 3.63) is 58.1 Å². The molecule has 1 saturated carbocycles. The maximum absolute atomic E-state index is 10.8. The lowest BCUT2D eigenvalue weighted by Gasteiger charge is -2.49. The largest absolute Gasteiger partial charge is 0.490 e. The fourth-order valence-corrected chi connectivity index (χ4v) is 5.19. The molecule has 184 valence electrons. The maximum atomic E-state index is 10.8. The van der Waals surface area contributed by atoms with Crippen molar-refractivity contribution in [3.8, 4) is 11.5 Å². The van der Waals surface area contributed by atoms with Crippen molar-refractivity contribution in [3.63, 3.8) is 0 Å². The van der Waals surface area contributed by atoms with E-state index in [1.807, 2.05) is 24.3 Å². The Bertz CT molecular complexity index is 1010. The number of aliphatic hydroxyl groups is 4. The van der Waals surface area contributed by atoms with E-state index in [9.17, 15) is 20.4 Å². The summed E-state index contributed by atoms with van der Waals surface area (Å²) in [6, 6.07) is 11.2. The van der Waals surface area contributed by atoms with Crippen LogP contribution in [-0.2, 0) is 21.7 Å². The van der Waals surface area contributed by atoms with E-state index in [1.54, 1.807) is 12.1 Å². The minimum atomic E-state index is -1.82. The Hall–Kier alpha value is -1.91. The van der Waals surface area contributed by atoms with Gasteiger partial charge < -0.3 is 39.4 Å². The Kier molecular flexibility index (Phi) is 6.74. The van der Waals surface area contributed by atoms with Crippen LogP contribution in [0.15, 0.2) is 36.4 Å². The molecule has 1 aliphatic carbocycles. The summed E-state index contributed by atoms with van der Waals surface area (Å²) in [7, 11) is 0. The first-order valence-electron chi connectivity index (χ1n) is 11.6. The van der Waals surface area contributed by atoms with E-state index in [1.165, 1.54) is 12.8 Å². The Morgan fingerprint density at radius 1 is 1.03 bits per heavy atom. The van der Waals surface area contributed by atoms with Crippen LogP contribution >= 0.6 is 11.6 Å². The molecule has 2 heterocycles. The van der Waals surface area contributed by atoms with Gasteiger partial charge in [-0.3, -0.25) is 0 Å². The second-order valence-electron chi connectivity index (χ2n) is 9.12. The first kappa shape index (κ1) is 23.8. The van der Waals surface area contributed by atoms with Gasteiger partial charge in [0.15, 0.2) is 6.79 Å². The van der Waals surface area contributed by atoms with E-state index in [2.05, 4.69) is 0 Å². The van der Waals surface area contributed by atoms with Crippen LogP contribution in [0.1, 0.15) is 42.4 Å². The van der Waals surface area contributed by atoms with Crippen LogP contribution in [0.4, 0.5) is 0 Å². The van der Waals surface area contributed by atoms with Gasteiger partial charge in [0.25, 0.3) is 0 Å². The molecule has 2 aliphatic heterocycles. The monoisotopic (exact) mass is 492 g/mol. The van der Waals surface area contributed by atoms with Crippen molar-refractivity contribution in [2.24, 2.45) is 0 Å². The highest BCUT2D eigenvalue weighted by Crippen LogP contribution is 2.47. The standard InChI is InChI=1S/C25H29ClO8/c26-19-11-20-18(25(32-13-31-20)24(30)23(29)22(28)21(12-27)34-25)10-15(19)9-14-5-7-17(8-6-14)33-16-3-1-2-4-16/h5-8,10-11,16,21-24,27-30H,1-4,9,12-13H2/t21-,22-,23+,24-,25+/m1/s1. The van der Waals surface area contributed by atoms with Crippen molar-refractivity contribution in [2.45, 2.75) is 68.4 Å². The molecule has 8 nitrogen and oxygen atoms in total. The molecule has 2 aromatic rings. The molecule has 1 spiro atoms. The molecule has 0 amide bonds.